The Morgan fingerprint density at radius 2 is 2.09 bits per heavy atom. The number of carbonyl (C=O) groups excluding carboxylic acids is 2. The van der Waals surface area contributed by atoms with Gasteiger partial charge in [-0.05, 0) is 18.2 Å². The van der Waals surface area contributed by atoms with Gasteiger partial charge in [0.25, 0.3) is 0 Å². The standard InChI is InChI=1S/C16H19ClN2O4/c1-22-14-3-2-12(17)9-13(14)19-10-11(8-15(19)20)16(21)18-4-6-23-7-5-18/h2-3,9,11H,4-8,10H2,1H3. The molecule has 1 aromatic carbocycles. The van der Waals surface area contributed by atoms with Crippen molar-refractivity contribution in [3.05, 3.63) is 23.2 Å². The number of nitrogens with zero attached hydrogens (tertiary/aromatic N) is 2. The lowest BCUT2D eigenvalue weighted by molar-refractivity contribution is -0.139. The first-order chi connectivity index (χ1) is 11.1. The maximum absolute atomic E-state index is 12.6. The summed E-state index contributed by atoms with van der Waals surface area (Å²) in [6.45, 7) is 2.64. The van der Waals surface area contributed by atoms with Crippen molar-refractivity contribution in [3.63, 3.8) is 0 Å². The van der Waals surface area contributed by atoms with Crippen LogP contribution in [0, 0.1) is 5.92 Å². The maximum Gasteiger partial charge on any atom is 0.228 e. The Bertz CT molecular complexity index is 616. The second-order valence-corrected chi connectivity index (χ2v) is 6.10. The van der Waals surface area contributed by atoms with E-state index >= 15 is 0 Å². The normalized spacial score (nSPS) is 21.7. The van der Waals surface area contributed by atoms with E-state index in [0.717, 1.165) is 0 Å². The van der Waals surface area contributed by atoms with Crippen LogP contribution in [0.4, 0.5) is 5.69 Å². The first-order valence-corrected chi connectivity index (χ1v) is 7.98. The molecule has 0 bridgehead atoms. The second kappa shape index (κ2) is 6.76. The number of methoxy groups -OCH3 is 1. The summed E-state index contributed by atoms with van der Waals surface area (Å²) < 4.78 is 10.6. The number of carbonyl (C=O) groups is 2. The molecule has 0 saturated carbocycles. The average Bonchev–Trinajstić information content (AvgIpc) is 2.96. The lowest BCUT2D eigenvalue weighted by Gasteiger charge is -2.29. The first kappa shape index (κ1) is 16.1. The van der Waals surface area contributed by atoms with E-state index < -0.39 is 0 Å². The summed E-state index contributed by atoms with van der Waals surface area (Å²) in [6, 6.07) is 5.13. The van der Waals surface area contributed by atoms with Gasteiger partial charge in [0, 0.05) is 31.1 Å². The van der Waals surface area contributed by atoms with Crippen LogP contribution in [0.3, 0.4) is 0 Å². The van der Waals surface area contributed by atoms with Crippen LogP contribution >= 0.6 is 11.6 Å². The zero-order chi connectivity index (χ0) is 16.4. The molecule has 1 aromatic rings. The van der Waals surface area contributed by atoms with Gasteiger partial charge in [-0.3, -0.25) is 9.59 Å². The Morgan fingerprint density at radius 1 is 1.35 bits per heavy atom. The monoisotopic (exact) mass is 338 g/mol. The van der Waals surface area contributed by atoms with Gasteiger partial charge in [0.15, 0.2) is 0 Å². The van der Waals surface area contributed by atoms with E-state index in [0.29, 0.717) is 49.3 Å². The highest BCUT2D eigenvalue weighted by molar-refractivity contribution is 6.31. The molecule has 124 valence electrons. The number of hydrogen-bond donors (Lipinski definition) is 0. The van der Waals surface area contributed by atoms with Crippen molar-refractivity contribution >= 4 is 29.1 Å². The van der Waals surface area contributed by atoms with Crippen molar-refractivity contribution in [1.29, 1.82) is 0 Å². The highest BCUT2D eigenvalue weighted by atomic mass is 35.5. The van der Waals surface area contributed by atoms with E-state index in [1.54, 1.807) is 35.1 Å². The zero-order valence-electron chi connectivity index (χ0n) is 13.0. The first-order valence-electron chi connectivity index (χ1n) is 7.60. The number of morpholine rings is 1. The topological polar surface area (TPSA) is 59.1 Å². The number of ether oxygens (including phenoxy) is 2. The van der Waals surface area contributed by atoms with Crippen LogP contribution in [0.5, 0.6) is 5.75 Å². The fourth-order valence-electron chi connectivity index (χ4n) is 3.02. The Morgan fingerprint density at radius 3 is 2.78 bits per heavy atom. The van der Waals surface area contributed by atoms with Crippen molar-refractivity contribution in [2.75, 3.05) is 44.9 Å². The molecule has 0 aromatic heterocycles. The van der Waals surface area contributed by atoms with Crippen LogP contribution in [-0.2, 0) is 14.3 Å². The lowest BCUT2D eigenvalue weighted by Crippen LogP contribution is -2.44. The molecule has 2 amide bonds. The number of amides is 2. The molecule has 6 nitrogen and oxygen atoms in total. The van der Waals surface area contributed by atoms with Crippen LogP contribution < -0.4 is 9.64 Å². The van der Waals surface area contributed by atoms with Crippen LogP contribution in [0.2, 0.25) is 5.02 Å². The van der Waals surface area contributed by atoms with Gasteiger partial charge in [0.2, 0.25) is 11.8 Å². The zero-order valence-corrected chi connectivity index (χ0v) is 13.7. The van der Waals surface area contributed by atoms with Gasteiger partial charge in [-0.25, -0.2) is 0 Å². The molecule has 7 heteroatoms. The smallest absolute Gasteiger partial charge is 0.228 e. The molecule has 2 aliphatic rings. The Labute approximate surface area is 139 Å². The number of anilines is 1. The molecule has 2 aliphatic heterocycles. The van der Waals surface area contributed by atoms with Crippen LogP contribution in [0.25, 0.3) is 0 Å². The van der Waals surface area contributed by atoms with Crippen molar-refractivity contribution < 1.29 is 19.1 Å². The summed E-state index contributed by atoms with van der Waals surface area (Å²) in [7, 11) is 1.55. The van der Waals surface area contributed by atoms with E-state index in [-0.39, 0.29) is 24.2 Å². The van der Waals surface area contributed by atoms with E-state index in [9.17, 15) is 9.59 Å². The molecular weight excluding hydrogens is 320 g/mol. The average molecular weight is 339 g/mol. The minimum Gasteiger partial charge on any atom is -0.495 e. The number of rotatable bonds is 3. The molecule has 0 aliphatic carbocycles. The SMILES string of the molecule is COc1ccc(Cl)cc1N1CC(C(=O)N2CCOCC2)CC1=O. The summed E-state index contributed by atoms with van der Waals surface area (Å²) in [5.74, 6) is 0.175. The van der Waals surface area contributed by atoms with Gasteiger partial charge < -0.3 is 19.3 Å². The summed E-state index contributed by atoms with van der Waals surface area (Å²) in [5.41, 5.74) is 0.613. The van der Waals surface area contributed by atoms with E-state index in [2.05, 4.69) is 0 Å². The molecule has 0 radical (unpaired) electrons. The number of hydrogen-bond acceptors (Lipinski definition) is 4. The predicted molar refractivity (Wildman–Crippen MR) is 85.9 cm³/mol. The maximum atomic E-state index is 12.6. The summed E-state index contributed by atoms with van der Waals surface area (Å²) >= 11 is 6.04. The Hall–Kier alpha value is -1.79. The quantitative estimate of drug-likeness (QED) is 0.839. The van der Waals surface area contributed by atoms with Crippen molar-refractivity contribution in [3.8, 4) is 5.75 Å². The van der Waals surface area contributed by atoms with Crippen molar-refractivity contribution in [2.24, 2.45) is 5.92 Å². The molecule has 3 rings (SSSR count). The summed E-state index contributed by atoms with van der Waals surface area (Å²) in [5, 5.41) is 0.525. The lowest BCUT2D eigenvalue weighted by atomic mass is 10.1. The van der Waals surface area contributed by atoms with Crippen LogP contribution in [0.15, 0.2) is 18.2 Å². The highest BCUT2D eigenvalue weighted by Gasteiger charge is 2.38. The molecule has 2 fully saturated rings. The van der Waals surface area contributed by atoms with Gasteiger partial charge in [0.1, 0.15) is 5.75 Å². The van der Waals surface area contributed by atoms with Gasteiger partial charge in [-0.1, -0.05) is 11.6 Å². The minimum absolute atomic E-state index is 0.0187. The fourth-order valence-corrected chi connectivity index (χ4v) is 3.19. The van der Waals surface area contributed by atoms with Gasteiger partial charge >= 0.3 is 0 Å². The molecule has 2 heterocycles. The third-order valence-electron chi connectivity index (χ3n) is 4.23. The molecule has 1 unspecified atom stereocenters. The number of halogens is 1. The molecule has 0 spiro atoms. The largest absolute Gasteiger partial charge is 0.495 e. The van der Waals surface area contributed by atoms with Gasteiger partial charge in [-0.15, -0.1) is 0 Å². The summed E-state index contributed by atoms with van der Waals surface area (Å²) in [6.07, 6.45) is 0.214. The van der Waals surface area contributed by atoms with Crippen molar-refractivity contribution in [1.82, 2.24) is 4.90 Å². The molecule has 2 saturated heterocycles. The highest BCUT2D eigenvalue weighted by Crippen LogP contribution is 2.35. The predicted octanol–water partition coefficient (Wildman–Crippen LogP) is 1.56. The van der Waals surface area contributed by atoms with Gasteiger partial charge in [0.05, 0.1) is 31.9 Å². The Kier molecular flexibility index (Phi) is 4.73. The third kappa shape index (κ3) is 3.28. The van der Waals surface area contributed by atoms with Gasteiger partial charge in [-0.2, -0.15) is 0 Å². The van der Waals surface area contributed by atoms with E-state index in [1.165, 1.54) is 0 Å². The van der Waals surface area contributed by atoms with Crippen molar-refractivity contribution in [2.45, 2.75) is 6.42 Å². The minimum atomic E-state index is -0.329. The molecule has 0 N–H and O–H groups in total. The van der Waals surface area contributed by atoms with Crippen LogP contribution in [0.1, 0.15) is 6.42 Å². The summed E-state index contributed by atoms with van der Waals surface area (Å²) in [4.78, 5) is 28.3. The van der Waals surface area contributed by atoms with E-state index in [1.807, 2.05) is 0 Å². The number of benzene rings is 1. The third-order valence-corrected chi connectivity index (χ3v) is 4.46. The second-order valence-electron chi connectivity index (χ2n) is 5.66. The molecule has 1 atom stereocenters. The van der Waals surface area contributed by atoms with E-state index in [4.69, 9.17) is 21.1 Å². The Balaban J connectivity index is 1.77. The molecule has 23 heavy (non-hydrogen) atoms. The molecular formula is C16H19ClN2O4. The van der Waals surface area contributed by atoms with Crippen LogP contribution in [-0.4, -0.2) is 56.7 Å². The fraction of sp³-hybridized carbons (Fsp3) is 0.500.